The summed E-state index contributed by atoms with van der Waals surface area (Å²) in [6, 6.07) is 6.59. The van der Waals surface area contributed by atoms with Gasteiger partial charge in [0.05, 0.1) is 0 Å². The van der Waals surface area contributed by atoms with Crippen molar-refractivity contribution in [3.05, 3.63) is 33.8 Å². The van der Waals surface area contributed by atoms with Crippen LogP contribution in [0.2, 0.25) is 0 Å². The van der Waals surface area contributed by atoms with E-state index in [9.17, 15) is 0 Å². The molecule has 1 aliphatic carbocycles. The van der Waals surface area contributed by atoms with Crippen molar-refractivity contribution < 1.29 is 0 Å². The van der Waals surface area contributed by atoms with Gasteiger partial charge >= 0.3 is 0 Å². The molecule has 0 bridgehead atoms. The van der Waals surface area contributed by atoms with Gasteiger partial charge < -0.3 is 0 Å². The Bertz CT molecular complexity index is 341. The van der Waals surface area contributed by atoms with Gasteiger partial charge in [0.15, 0.2) is 0 Å². The van der Waals surface area contributed by atoms with Gasteiger partial charge in [0, 0.05) is 4.47 Å². The summed E-state index contributed by atoms with van der Waals surface area (Å²) in [5.74, 6) is 2.31. The molecule has 0 saturated carbocycles. The highest BCUT2D eigenvalue weighted by Gasteiger charge is 2.32. The Balaban J connectivity index is 2.41. The van der Waals surface area contributed by atoms with Crippen LogP contribution in [0.3, 0.4) is 0 Å². The van der Waals surface area contributed by atoms with Crippen molar-refractivity contribution >= 4 is 15.9 Å². The molecule has 0 nitrogen and oxygen atoms in total. The molecule has 1 heteroatoms. The van der Waals surface area contributed by atoms with E-state index in [-0.39, 0.29) is 0 Å². The lowest BCUT2D eigenvalue weighted by atomic mass is 9.85. The third-order valence-corrected chi connectivity index (χ3v) is 4.24. The maximum Gasteiger partial charge on any atom is 0.0212 e. The molecule has 1 aliphatic rings. The maximum absolute atomic E-state index is 3.66. The van der Waals surface area contributed by atoms with Crippen LogP contribution in [0.25, 0.3) is 0 Å². The van der Waals surface area contributed by atoms with Crippen molar-refractivity contribution in [2.45, 2.75) is 33.1 Å². The zero-order chi connectivity index (χ0) is 10.3. The Labute approximate surface area is 94.8 Å². The minimum Gasteiger partial charge on any atom is -0.0625 e. The molecule has 0 saturated heterocycles. The zero-order valence-corrected chi connectivity index (χ0v) is 10.6. The molecule has 0 spiro atoms. The second-order valence-electron chi connectivity index (χ2n) is 4.71. The quantitative estimate of drug-likeness (QED) is 0.696. The smallest absolute Gasteiger partial charge is 0.0212 e. The van der Waals surface area contributed by atoms with Gasteiger partial charge in [0.2, 0.25) is 0 Å². The van der Waals surface area contributed by atoms with Crippen molar-refractivity contribution in [3.8, 4) is 0 Å². The number of hydrogen-bond acceptors (Lipinski definition) is 0. The van der Waals surface area contributed by atoms with E-state index < -0.39 is 0 Å². The van der Waals surface area contributed by atoms with Crippen LogP contribution in [0, 0.1) is 11.8 Å². The lowest BCUT2D eigenvalue weighted by Crippen LogP contribution is -2.11. The number of rotatable bonds is 1. The third kappa shape index (κ3) is 1.52. The summed E-state index contributed by atoms with van der Waals surface area (Å²) in [4.78, 5) is 0. The third-order valence-electron chi connectivity index (χ3n) is 3.55. The normalized spacial score (nSPS) is 25.5. The summed E-state index contributed by atoms with van der Waals surface area (Å²) in [6.07, 6.45) is 1.26. The van der Waals surface area contributed by atoms with E-state index in [4.69, 9.17) is 0 Å². The fourth-order valence-electron chi connectivity index (χ4n) is 2.73. The second-order valence-corrected chi connectivity index (χ2v) is 5.57. The van der Waals surface area contributed by atoms with Gasteiger partial charge in [-0.05, 0) is 41.4 Å². The van der Waals surface area contributed by atoms with Gasteiger partial charge in [-0.2, -0.15) is 0 Å². The zero-order valence-electron chi connectivity index (χ0n) is 9.05. The number of hydrogen-bond donors (Lipinski definition) is 0. The van der Waals surface area contributed by atoms with Crippen LogP contribution < -0.4 is 0 Å². The fourth-order valence-corrected chi connectivity index (χ4v) is 3.50. The van der Waals surface area contributed by atoms with Crippen molar-refractivity contribution in [1.29, 1.82) is 0 Å². The summed E-state index contributed by atoms with van der Waals surface area (Å²) in [5.41, 5.74) is 3.09. The fraction of sp³-hybridized carbons (Fsp3) is 0.538. The minimum atomic E-state index is 0.709. The monoisotopic (exact) mass is 252 g/mol. The van der Waals surface area contributed by atoms with E-state index in [1.807, 2.05) is 0 Å². The first-order chi connectivity index (χ1) is 6.61. The highest BCUT2D eigenvalue weighted by Crippen LogP contribution is 2.44. The topological polar surface area (TPSA) is 0 Å². The van der Waals surface area contributed by atoms with Crippen molar-refractivity contribution in [1.82, 2.24) is 0 Å². The molecule has 14 heavy (non-hydrogen) atoms. The molecule has 0 fully saturated rings. The lowest BCUT2D eigenvalue weighted by Gasteiger charge is -2.20. The minimum absolute atomic E-state index is 0.709. The molecule has 0 heterocycles. The summed E-state index contributed by atoms with van der Waals surface area (Å²) in [5, 5.41) is 0. The molecule has 0 N–H and O–H groups in total. The van der Waals surface area contributed by atoms with E-state index in [0.717, 1.165) is 11.8 Å². The lowest BCUT2D eigenvalue weighted by molar-refractivity contribution is 0.355. The van der Waals surface area contributed by atoms with E-state index in [0.29, 0.717) is 5.92 Å². The van der Waals surface area contributed by atoms with Gasteiger partial charge in [-0.1, -0.05) is 48.8 Å². The SMILES string of the molecule is CC(C)[C@H]1Cc2cccc(Br)c2[C@H]1C. The average Bonchev–Trinajstić information content (AvgIpc) is 2.45. The molecule has 0 unspecified atom stereocenters. The van der Waals surface area contributed by atoms with E-state index >= 15 is 0 Å². The Morgan fingerprint density at radius 1 is 1.36 bits per heavy atom. The molecule has 76 valence electrons. The van der Waals surface area contributed by atoms with Crippen LogP contribution in [0.4, 0.5) is 0 Å². The first kappa shape index (κ1) is 10.2. The molecule has 0 amide bonds. The van der Waals surface area contributed by atoms with Crippen molar-refractivity contribution in [2.75, 3.05) is 0 Å². The van der Waals surface area contributed by atoms with E-state index in [1.54, 1.807) is 11.1 Å². The molecular formula is C13H17Br. The van der Waals surface area contributed by atoms with Crippen LogP contribution in [-0.2, 0) is 6.42 Å². The predicted molar refractivity (Wildman–Crippen MR) is 64.6 cm³/mol. The first-order valence-corrected chi connectivity index (χ1v) is 6.18. The van der Waals surface area contributed by atoms with Gasteiger partial charge in [-0.3, -0.25) is 0 Å². The Hall–Kier alpha value is -0.300. The second kappa shape index (κ2) is 3.69. The number of fused-ring (bicyclic) bond motifs is 1. The van der Waals surface area contributed by atoms with Crippen molar-refractivity contribution in [2.24, 2.45) is 11.8 Å². The summed E-state index contributed by atoms with van der Waals surface area (Å²) < 4.78 is 1.30. The molecule has 0 radical (unpaired) electrons. The molecule has 0 aliphatic heterocycles. The average molecular weight is 253 g/mol. The number of halogens is 1. The molecule has 0 aromatic heterocycles. The first-order valence-electron chi connectivity index (χ1n) is 5.38. The van der Waals surface area contributed by atoms with Crippen molar-refractivity contribution in [3.63, 3.8) is 0 Å². The predicted octanol–water partition coefficient (Wildman–Crippen LogP) is 4.38. The molecule has 1 aromatic carbocycles. The van der Waals surface area contributed by atoms with Crippen LogP contribution in [0.1, 0.15) is 37.8 Å². The molecule has 1 aromatic rings. The Kier molecular flexibility index (Phi) is 2.70. The van der Waals surface area contributed by atoms with Crippen LogP contribution in [-0.4, -0.2) is 0 Å². The molecule has 2 atom stereocenters. The molecular weight excluding hydrogens is 236 g/mol. The summed E-state index contributed by atoms with van der Waals surface area (Å²) >= 11 is 3.66. The Morgan fingerprint density at radius 3 is 2.64 bits per heavy atom. The van der Waals surface area contributed by atoms with E-state index in [2.05, 4.69) is 54.9 Å². The van der Waals surface area contributed by atoms with Crippen LogP contribution in [0.5, 0.6) is 0 Å². The van der Waals surface area contributed by atoms with Crippen LogP contribution >= 0.6 is 15.9 Å². The largest absolute Gasteiger partial charge is 0.0625 e. The van der Waals surface area contributed by atoms with Gasteiger partial charge in [0.1, 0.15) is 0 Å². The summed E-state index contributed by atoms with van der Waals surface area (Å²) in [6.45, 7) is 7.03. The highest BCUT2D eigenvalue weighted by molar-refractivity contribution is 9.10. The van der Waals surface area contributed by atoms with Gasteiger partial charge in [-0.25, -0.2) is 0 Å². The van der Waals surface area contributed by atoms with E-state index in [1.165, 1.54) is 10.9 Å². The number of benzene rings is 1. The van der Waals surface area contributed by atoms with Gasteiger partial charge in [0.25, 0.3) is 0 Å². The Morgan fingerprint density at radius 2 is 2.07 bits per heavy atom. The summed E-state index contributed by atoms with van der Waals surface area (Å²) in [7, 11) is 0. The highest BCUT2D eigenvalue weighted by atomic mass is 79.9. The standard InChI is InChI=1S/C13H17Br/c1-8(2)11-7-10-5-4-6-12(14)13(10)9(11)3/h4-6,8-9,11H,7H2,1-3H3/t9-,11+/m0/s1. The van der Waals surface area contributed by atoms with Crippen LogP contribution in [0.15, 0.2) is 22.7 Å². The van der Waals surface area contributed by atoms with Gasteiger partial charge in [-0.15, -0.1) is 0 Å². The molecule has 2 rings (SSSR count). The maximum atomic E-state index is 3.66.